The van der Waals surface area contributed by atoms with Crippen LogP contribution in [0.4, 0.5) is 0 Å². The van der Waals surface area contributed by atoms with Crippen LogP contribution in [0, 0.1) is 16.7 Å². The Hall–Kier alpha value is -1.81. The average molecular weight is 361 g/mol. The van der Waals surface area contributed by atoms with Crippen molar-refractivity contribution >= 4 is 28.5 Å². The van der Waals surface area contributed by atoms with Crippen LogP contribution < -0.4 is 5.63 Å². The molecule has 0 radical (unpaired) electrons. The maximum Gasteiger partial charge on any atom is 0.351 e. The molecule has 0 amide bonds. The van der Waals surface area contributed by atoms with Gasteiger partial charge in [0.2, 0.25) is 0 Å². The molecule has 0 saturated heterocycles. The van der Waals surface area contributed by atoms with E-state index >= 15 is 0 Å². The van der Waals surface area contributed by atoms with Crippen LogP contribution in [-0.4, -0.2) is 12.1 Å². The van der Waals surface area contributed by atoms with Gasteiger partial charge in [0.25, 0.3) is 0 Å². The van der Waals surface area contributed by atoms with E-state index < -0.39 is 11.6 Å². The van der Waals surface area contributed by atoms with E-state index in [0.717, 1.165) is 12.8 Å². The maximum atomic E-state index is 12.7. The van der Waals surface area contributed by atoms with Gasteiger partial charge in [0, 0.05) is 15.8 Å². The Morgan fingerprint density at radius 1 is 1.28 bits per heavy atom. The molecule has 25 heavy (non-hydrogen) atoms. The zero-order valence-electron chi connectivity index (χ0n) is 14.6. The van der Waals surface area contributed by atoms with Crippen molar-refractivity contribution in [1.82, 2.24) is 0 Å². The second kappa shape index (κ2) is 5.34. The van der Waals surface area contributed by atoms with Crippen molar-refractivity contribution in [1.29, 1.82) is 0 Å². The highest BCUT2D eigenvalue weighted by Gasteiger charge is 2.62. The van der Waals surface area contributed by atoms with E-state index in [-0.39, 0.29) is 22.5 Å². The summed E-state index contributed by atoms with van der Waals surface area (Å²) in [5.41, 5.74) is -0.252. The van der Waals surface area contributed by atoms with E-state index in [1.54, 1.807) is 18.2 Å². The first-order valence-electron chi connectivity index (χ1n) is 8.67. The number of benzene rings is 1. The molecule has 2 fully saturated rings. The summed E-state index contributed by atoms with van der Waals surface area (Å²) in [6.45, 7) is 6.70. The summed E-state index contributed by atoms with van der Waals surface area (Å²) in [6, 6.07) is 6.44. The fraction of sp³-hybridized carbons (Fsp3) is 0.500. The number of fused-ring (bicyclic) bond motifs is 3. The molecule has 2 saturated carbocycles. The number of hydrogen-bond acceptors (Lipinski definition) is 4. The SMILES string of the molecule is CC1(C)[C@H]2CC[C@@]1(C)[C@@H](OC(=O)c1cc3cc(Cl)ccc3oc1=O)C2. The molecule has 5 heteroatoms. The molecule has 1 aromatic carbocycles. The molecule has 2 aliphatic rings. The number of carbonyl (C=O) groups excluding carboxylic acids is 1. The van der Waals surface area contributed by atoms with E-state index in [9.17, 15) is 9.59 Å². The largest absolute Gasteiger partial charge is 0.458 e. The summed E-state index contributed by atoms with van der Waals surface area (Å²) >= 11 is 5.98. The standard InChI is InChI=1S/C20H21ClO4/c1-19(2)12-6-7-20(19,3)16(10-12)25-18(23)14-9-11-8-13(21)4-5-15(11)24-17(14)22/h4-5,8-9,12,16H,6-7,10H2,1-3H3/t12-,16-,20-/m0/s1. The predicted molar refractivity (Wildman–Crippen MR) is 95.9 cm³/mol. The molecule has 0 spiro atoms. The monoisotopic (exact) mass is 360 g/mol. The average Bonchev–Trinajstić information content (AvgIpc) is 2.88. The maximum absolute atomic E-state index is 12.7. The number of rotatable bonds is 2. The summed E-state index contributed by atoms with van der Waals surface area (Å²) in [6.07, 6.45) is 2.92. The first-order chi connectivity index (χ1) is 11.7. The van der Waals surface area contributed by atoms with Crippen molar-refractivity contribution in [2.24, 2.45) is 16.7 Å². The van der Waals surface area contributed by atoms with Gasteiger partial charge in [-0.15, -0.1) is 0 Å². The van der Waals surface area contributed by atoms with Gasteiger partial charge in [-0.25, -0.2) is 9.59 Å². The number of esters is 1. The van der Waals surface area contributed by atoms with Crippen LogP contribution in [0.15, 0.2) is 33.5 Å². The Morgan fingerprint density at radius 2 is 2.04 bits per heavy atom. The first-order valence-corrected chi connectivity index (χ1v) is 9.04. The molecule has 1 aromatic heterocycles. The number of halogens is 1. The lowest BCUT2D eigenvalue weighted by molar-refractivity contribution is -0.0245. The summed E-state index contributed by atoms with van der Waals surface area (Å²) in [7, 11) is 0. The third-order valence-corrected chi connectivity index (χ3v) is 7.11. The van der Waals surface area contributed by atoms with Crippen LogP contribution in [0.2, 0.25) is 5.02 Å². The summed E-state index contributed by atoms with van der Waals surface area (Å²) in [5.74, 6) is -0.0488. The van der Waals surface area contributed by atoms with E-state index in [1.807, 2.05) is 0 Å². The minimum Gasteiger partial charge on any atom is -0.458 e. The van der Waals surface area contributed by atoms with Gasteiger partial charge in [-0.1, -0.05) is 32.4 Å². The fourth-order valence-corrected chi connectivity index (χ4v) is 4.92. The summed E-state index contributed by atoms with van der Waals surface area (Å²) < 4.78 is 11.0. The highest BCUT2D eigenvalue weighted by Crippen LogP contribution is 2.66. The molecule has 4 rings (SSSR count). The molecule has 3 atom stereocenters. The lowest BCUT2D eigenvalue weighted by Crippen LogP contribution is -2.38. The Kier molecular flexibility index (Phi) is 3.56. The van der Waals surface area contributed by atoms with Crippen LogP contribution in [-0.2, 0) is 4.74 Å². The third kappa shape index (κ3) is 2.34. The first kappa shape index (κ1) is 16.6. The highest BCUT2D eigenvalue weighted by atomic mass is 35.5. The highest BCUT2D eigenvalue weighted by molar-refractivity contribution is 6.31. The molecule has 0 unspecified atom stereocenters. The van der Waals surface area contributed by atoms with Crippen LogP contribution in [0.3, 0.4) is 0 Å². The van der Waals surface area contributed by atoms with Crippen molar-refractivity contribution in [2.75, 3.05) is 0 Å². The zero-order chi connectivity index (χ0) is 18.0. The number of carbonyl (C=O) groups is 1. The van der Waals surface area contributed by atoms with Crippen molar-refractivity contribution in [3.63, 3.8) is 0 Å². The predicted octanol–water partition coefficient (Wildman–Crippen LogP) is 4.82. The van der Waals surface area contributed by atoms with E-state index in [2.05, 4.69) is 20.8 Å². The van der Waals surface area contributed by atoms with Gasteiger partial charge in [-0.05, 0) is 54.9 Å². The van der Waals surface area contributed by atoms with Crippen molar-refractivity contribution in [3.8, 4) is 0 Å². The Balaban J connectivity index is 1.65. The summed E-state index contributed by atoms with van der Waals surface area (Å²) in [4.78, 5) is 24.9. The molecular formula is C20H21ClO4. The molecule has 1 heterocycles. The molecule has 2 bridgehead atoms. The lowest BCUT2D eigenvalue weighted by Gasteiger charge is -2.38. The van der Waals surface area contributed by atoms with Gasteiger partial charge < -0.3 is 9.15 Å². The molecule has 4 nitrogen and oxygen atoms in total. The van der Waals surface area contributed by atoms with Gasteiger partial charge >= 0.3 is 11.6 Å². The van der Waals surface area contributed by atoms with Crippen molar-refractivity contribution in [2.45, 2.75) is 46.1 Å². The second-order valence-corrected chi connectivity index (χ2v) is 8.57. The molecule has 2 aliphatic carbocycles. The van der Waals surface area contributed by atoms with E-state index in [0.29, 0.717) is 21.9 Å². The zero-order valence-corrected chi connectivity index (χ0v) is 15.4. The lowest BCUT2D eigenvalue weighted by atomic mass is 9.70. The minimum atomic E-state index is -0.674. The van der Waals surface area contributed by atoms with Crippen LogP contribution in [0.25, 0.3) is 11.0 Å². The third-order valence-electron chi connectivity index (χ3n) is 6.88. The van der Waals surface area contributed by atoms with Crippen LogP contribution in [0.5, 0.6) is 0 Å². The van der Waals surface area contributed by atoms with Gasteiger partial charge in [-0.3, -0.25) is 0 Å². The molecule has 2 aromatic rings. The van der Waals surface area contributed by atoms with E-state index in [4.69, 9.17) is 20.8 Å². The Morgan fingerprint density at radius 3 is 2.68 bits per heavy atom. The van der Waals surface area contributed by atoms with Crippen LogP contribution >= 0.6 is 11.6 Å². The molecule has 0 N–H and O–H groups in total. The van der Waals surface area contributed by atoms with Gasteiger partial charge in [-0.2, -0.15) is 0 Å². The smallest absolute Gasteiger partial charge is 0.351 e. The molecule has 132 valence electrons. The number of ether oxygens (including phenoxy) is 1. The van der Waals surface area contributed by atoms with Gasteiger partial charge in [0.15, 0.2) is 0 Å². The van der Waals surface area contributed by atoms with Gasteiger partial charge in [0.1, 0.15) is 17.3 Å². The molecule has 0 aliphatic heterocycles. The molecular weight excluding hydrogens is 340 g/mol. The Labute approximate surface area is 151 Å². The van der Waals surface area contributed by atoms with Crippen molar-refractivity contribution in [3.05, 3.63) is 45.3 Å². The number of hydrogen-bond donors (Lipinski definition) is 0. The fourth-order valence-electron chi connectivity index (χ4n) is 4.74. The summed E-state index contributed by atoms with van der Waals surface area (Å²) in [5, 5.41) is 1.13. The van der Waals surface area contributed by atoms with Crippen LogP contribution in [0.1, 0.15) is 50.4 Å². The normalized spacial score (nSPS) is 29.9. The van der Waals surface area contributed by atoms with E-state index in [1.165, 1.54) is 12.5 Å². The quantitative estimate of drug-likeness (QED) is 0.569. The topological polar surface area (TPSA) is 56.5 Å². The Bertz CT molecular complexity index is 929. The van der Waals surface area contributed by atoms with Crippen molar-refractivity contribution < 1.29 is 13.9 Å². The minimum absolute atomic E-state index is 0.0479. The second-order valence-electron chi connectivity index (χ2n) is 8.13. The van der Waals surface area contributed by atoms with Gasteiger partial charge in [0.05, 0.1) is 0 Å².